The molecule has 0 spiro atoms. The van der Waals surface area contributed by atoms with Crippen LogP contribution in [0.3, 0.4) is 0 Å². The molecule has 7 heteroatoms. The SMILES string of the molecule is CCc1nc(-c2cn[nH]n2)nc(NN)c1C. The molecular weight excluding hydrogens is 206 g/mol. The minimum Gasteiger partial charge on any atom is -0.308 e. The summed E-state index contributed by atoms with van der Waals surface area (Å²) in [4.78, 5) is 8.68. The van der Waals surface area contributed by atoms with E-state index in [2.05, 4.69) is 30.8 Å². The fourth-order valence-electron chi connectivity index (χ4n) is 1.47. The highest BCUT2D eigenvalue weighted by Gasteiger charge is 2.11. The first-order valence-electron chi connectivity index (χ1n) is 4.96. The van der Waals surface area contributed by atoms with E-state index in [9.17, 15) is 0 Å². The number of hydrogen-bond acceptors (Lipinski definition) is 6. The zero-order valence-electron chi connectivity index (χ0n) is 9.15. The summed E-state index contributed by atoms with van der Waals surface area (Å²) in [5.41, 5.74) is 5.07. The van der Waals surface area contributed by atoms with Crippen molar-refractivity contribution in [3.63, 3.8) is 0 Å². The highest BCUT2D eigenvalue weighted by atomic mass is 15.3. The van der Waals surface area contributed by atoms with Crippen molar-refractivity contribution in [3.8, 4) is 11.5 Å². The van der Waals surface area contributed by atoms with Gasteiger partial charge in [0.05, 0.1) is 6.20 Å². The van der Waals surface area contributed by atoms with Gasteiger partial charge in [0.1, 0.15) is 11.5 Å². The molecule has 84 valence electrons. The number of anilines is 1. The van der Waals surface area contributed by atoms with Crippen molar-refractivity contribution in [2.45, 2.75) is 20.3 Å². The minimum absolute atomic E-state index is 0.518. The Morgan fingerprint density at radius 2 is 2.25 bits per heavy atom. The van der Waals surface area contributed by atoms with Crippen molar-refractivity contribution in [3.05, 3.63) is 17.5 Å². The number of H-pyrrole nitrogens is 1. The monoisotopic (exact) mass is 219 g/mol. The van der Waals surface area contributed by atoms with Crippen LogP contribution in [-0.2, 0) is 6.42 Å². The van der Waals surface area contributed by atoms with Gasteiger partial charge < -0.3 is 5.43 Å². The fraction of sp³-hybridized carbons (Fsp3) is 0.333. The molecule has 0 atom stereocenters. The second-order valence-corrected chi connectivity index (χ2v) is 3.32. The van der Waals surface area contributed by atoms with Crippen molar-refractivity contribution in [2.75, 3.05) is 5.43 Å². The number of aryl methyl sites for hydroxylation is 1. The largest absolute Gasteiger partial charge is 0.308 e. The van der Waals surface area contributed by atoms with Crippen LogP contribution in [0.1, 0.15) is 18.2 Å². The first kappa shape index (κ1) is 10.5. The predicted molar refractivity (Wildman–Crippen MR) is 59.3 cm³/mol. The van der Waals surface area contributed by atoms with E-state index in [1.54, 1.807) is 6.20 Å². The van der Waals surface area contributed by atoms with Crippen LogP contribution in [0.15, 0.2) is 6.20 Å². The van der Waals surface area contributed by atoms with Gasteiger partial charge in [-0.3, -0.25) is 0 Å². The molecule has 2 aromatic rings. The molecule has 2 heterocycles. The molecule has 0 fully saturated rings. The fourth-order valence-corrected chi connectivity index (χ4v) is 1.47. The Hall–Kier alpha value is -2.02. The topological polar surface area (TPSA) is 105 Å². The summed E-state index contributed by atoms with van der Waals surface area (Å²) in [6, 6.07) is 0. The van der Waals surface area contributed by atoms with E-state index in [4.69, 9.17) is 5.84 Å². The minimum atomic E-state index is 0.518. The summed E-state index contributed by atoms with van der Waals surface area (Å²) in [7, 11) is 0. The lowest BCUT2D eigenvalue weighted by molar-refractivity contribution is 0.930. The highest BCUT2D eigenvalue weighted by molar-refractivity contribution is 5.54. The van der Waals surface area contributed by atoms with Gasteiger partial charge in [-0.15, -0.1) is 0 Å². The molecule has 0 saturated carbocycles. The van der Waals surface area contributed by atoms with E-state index < -0.39 is 0 Å². The number of hydrazine groups is 1. The third kappa shape index (κ3) is 1.72. The van der Waals surface area contributed by atoms with Gasteiger partial charge in [0.15, 0.2) is 5.82 Å². The smallest absolute Gasteiger partial charge is 0.184 e. The molecule has 0 aliphatic carbocycles. The van der Waals surface area contributed by atoms with E-state index in [0.717, 1.165) is 17.7 Å². The second-order valence-electron chi connectivity index (χ2n) is 3.32. The van der Waals surface area contributed by atoms with Crippen molar-refractivity contribution in [1.29, 1.82) is 0 Å². The van der Waals surface area contributed by atoms with E-state index >= 15 is 0 Å². The summed E-state index contributed by atoms with van der Waals surface area (Å²) >= 11 is 0. The van der Waals surface area contributed by atoms with E-state index in [1.807, 2.05) is 13.8 Å². The van der Waals surface area contributed by atoms with Gasteiger partial charge in [-0.1, -0.05) is 6.92 Å². The third-order valence-corrected chi connectivity index (χ3v) is 2.36. The lowest BCUT2D eigenvalue weighted by Gasteiger charge is -2.09. The maximum absolute atomic E-state index is 5.41. The Morgan fingerprint density at radius 3 is 2.81 bits per heavy atom. The Labute approximate surface area is 92.5 Å². The Bertz CT molecular complexity index is 452. The molecule has 0 radical (unpaired) electrons. The van der Waals surface area contributed by atoms with Gasteiger partial charge in [0.2, 0.25) is 0 Å². The maximum Gasteiger partial charge on any atom is 0.184 e. The van der Waals surface area contributed by atoms with Gasteiger partial charge in [-0.25, -0.2) is 15.8 Å². The number of nitrogens with zero attached hydrogens (tertiary/aromatic N) is 4. The number of aromatic nitrogens is 5. The van der Waals surface area contributed by atoms with E-state index in [0.29, 0.717) is 17.3 Å². The molecule has 0 unspecified atom stereocenters. The molecule has 0 aliphatic rings. The predicted octanol–water partition coefficient (Wildman–Crippen LogP) is 0.418. The van der Waals surface area contributed by atoms with Crippen LogP contribution < -0.4 is 11.3 Å². The molecule has 2 rings (SSSR count). The lowest BCUT2D eigenvalue weighted by Crippen LogP contribution is -2.13. The number of nitrogens with two attached hydrogens (primary N) is 1. The Kier molecular flexibility index (Phi) is 2.78. The average Bonchev–Trinajstić information content (AvgIpc) is 2.83. The Balaban J connectivity index is 2.56. The zero-order valence-corrected chi connectivity index (χ0v) is 9.15. The van der Waals surface area contributed by atoms with Crippen molar-refractivity contribution < 1.29 is 0 Å². The van der Waals surface area contributed by atoms with Gasteiger partial charge in [0.25, 0.3) is 0 Å². The van der Waals surface area contributed by atoms with Gasteiger partial charge in [0, 0.05) is 11.3 Å². The van der Waals surface area contributed by atoms with Crippen molar-refractivity contribution >= 4 is 5.82 Å². The summed E-state index contributed by atoms with van der Waals surface area (Å²) in [5.74, 6) is 6.55. The maximum atomic E-state index is 5.41. The van der Waals surface area contributed by atoms with E-state index in [-0.39, 0.29) is 0 Å². The van der Waals surface area contributed by atoms with Crippen molar-refractivity contribution in [2.24, 2.45) is 5.84 Å². The molecule has 0 amide bonds. The summed E-state index contributed by atoms with van der Waals surface area (Å²) in [6.45, 7) is 3.96. The quantitative estimate of drug-likeness (QED) is 0.510. The van der Waals surface area contributed by atoms with Crippen LogP contribution in [-0.4, -0.2) is 25.4 Å². The number of nitrogens with one attached hydrogen (secondary N) is 2. The summed E-state index contributed by atoms with van der Waals surface area (Å²) in [6.07, 6.45) is 2.39. The zero-order chi connectivity index (χ0) is 11.5. The Morgan fingerprint density at radius 1 is 1.44 bits per heavy atom. The number of aromatic amines is 1. The molecule has 0 aromatic carbocycles. The van der Waals surface area contributed by atoms with Gasteiger partial charge in [-0.05, 0) is 13.3 Å². The molecule has 0 saturated heterocycles. The number of rotatable bonds is 3. The van der Waals surface area contributed by atoms with E-state index in [1.165, 1.54) is 0 Å². The molecule has 7 nitrogen and oxygen atoms in total. The average molecular weight is 219 g/mol. The summed E-state index contributed by atoms with van der Waals surface area (Å²) < 4.78 is 0. The molecule has 0 bridgehead atoms. The van der Waals surface area contributed by atoms with Crippen LogP contribution in [0.2, 0.25) is 0 Å². The first-order chi connectivity index (χ1) is 7.76. The molecular formula is C9H13N7. The standard InChI is InChI=1S/C9H13N7/c1-3-6-5(2)8(14-10)13-9(12-6)7-4-11-16-15-7/h4H,3,10H2,1-2H3,(H,11,15,16)(H,12,13,14). The number of hydrogen-bond donors (Lipinski definition) is 3. The van der Waals surface area contributed by atoms with Gasteiger partial charge in [-0.2, -0.15) is 15.4 Å². The van der Waals surface area contributed by atoms with Crippen LogP contribution in [0.4, 0.5) is 5.82 Å². The normalized spacial score (nSPS) is 10.4. The molecule has 2 aromatic heterocycles. The molecule has 4 N–H and O–H groups in total. The molecule has 16 heavy (non-hydrogen) atoms. The van der Waals surface area contributed by atoms with Crippen LogP contribution in [0.5, 0.6) is 0 Å². The lowest BCUT2D eigenvalue weighted by atomic mass is 10.2. The first-order valence-corrected chi connectivity index (χ1v) is 4.96. The number of nitrogen functional groups attached to an aromatic ring is 1. The second kappa shape index (κ2) is 4.23. The van der Waals surface area contributed by atoms with Crippen LogP contribution in [0.25, 0.3) is 11.5 Å². The van der Waals surface area contributed by atoms with Crippen LogP contribution >= 0.6 is 0 Å². The highest BCUT2D eigenvalue weighted by Crippen LogP contribution is 2.19. The molecule has 0 aliphatic heterocycles. The van der Waals surface area contributed by atoms with Gasteiger partial charge >= 0.3 is 0 Å². The summed E-state index contributed by atoms with van der Waals surface area (Å²) in [5, 5.41) is 10.2. The third-order valence-electron chi connectivity index (χ3n) is 2.36. The van der Waals surface area contributed by atoms with Crippen LogP contribution in [0, 0.1) is 6.92 Å². The van der Waals surface area contributed by atoms with Crippen molar-refractivity contribution in [1.82, 2.24) is 25.4 Å².